The standard InChI is InChI=1S/C22H24N6O/c1-15-5-3-4-6-19(15)21-20-13-27(12-17(20)11-26(21)2)22(29)16-7-9-18(10-8-16)28-14-23-24-25-28/h3-10,14,17,20-21H,11-13H2,1-2H3/t17-,20+,21+/m0/s1. The Hall–Kier alpha value is -3.06. The highest BCUT2D eigenvalue weighted by Gasteiger charge is 2.47. The van der Waals surface area contributed by atoms with Crippen LogP contribution in [0.5, 0.6) is 0 Å². The highest BCUT2D eigenvalue weighted by Crippen LogP contribution is 2.45. The van der Waals surface area contributed by atoms with E-state index in [4.69, 9.17) is 0 Å². The lowest BCUT2D eigenvalue weighted by atomic mass is 9.88. The Morgan fingerprint density at radius 1 is 1.03 bits per heavy atom. The molecule has 0 aliphatic carbocycles. The number of fused-ring (bicyclic) bond motifs is 1. The average molecular weight is 388 g/mol. The second kappa shape index (κ2) is 7.08. The molecule has 2 aromatic carbocycles. The van der Waals surface area contributed by atoms with Crippen LogP contribution in [0.3, 0.4) is 0 Å². The van der Waals surface area contributed by atoms with Crippen LogP contribution in [-0.4, -0.2) is 62.6 Å². The summed E-state index contributed by atoms with van der Waals surface area (Å²) in [6.45, 7) is 4.85. The number of likely N-dealkylation sites (tertiary alicyclic amines) is 2. The summed E-state index contributed by atoms with van der Waals surface area (Å²) < 4.78 is 1.58. The molecule has 29 heavy (non-hydrogen) atoms. The summed E-state index contributed by atoms with van der Waals surface area (Å²) in [7, 11) is 2.21. The van der Waals surface area contributed by atoms with Gasteiger partial charge < -0.3 is 4.90 Å². The maximum absolute atomic E-state index is 13.1. The number of aryl methyl sites for hydroxylation is 1. The number of carbonyl (C=O) groups is 1. The van der Waals surface area contributed by atoms with E-state index in [2.05, 4.69) is 58.7 Å². The fourth-order valence-corrected chi connectivity index (χ4v) is 5.03. The van der Waals surface area contributed by atoms with E-state index in [0.29, 0.717) is 23.4 Å². The van der Waals surface area contributed by atoms with Crippen LogP contribution < -0.4 is 0 Å². The molecule has 1 amide bonds. The third kappa shape index (κ3) is 3.11. The quantitative estimate of drug-likeness (QED) is 0.689. The molecule has 3 heterocycles. The number of hydrogen-bond acceptors (Lipinski definition) is 5. The average Bonchev–Trinajstić information content (AvgIpc) is 3.45. The summed E-state index contributed by atoms with van der Waals surface area (Å²) in [4.78, 5) is 17.6. The number of amides is 1. The van der Waals surface area contributed by atoms with E-state index in [1.165, 1.54) is 11.1 Å². The molecule has 2 aliphatic rings. The Morgan fingerprint density at radius 3 is 2.55 bits per heavy atom. The van der Waals surface area contributed by atoms with E-state index in [0.717, 1.165) is 25.3 Å². The second-order valence-electron chi connectivity index (χ2n) is 8.18. The number of carbonyl (C=O) groups excluding carboxylic acids is 1. The molecule has 2 aliphatic heterocycles. The molecule has 0 bridgehead atoms. The Labute approximate surface area is 169 Å². The Kier molecular flexibility index (Phi) is 4.39. The first-order valence-corrected chi connectivity index (χ1v) is 10.0. The van der Waals surface area contributed by atoms with Crippen molar-refractivity contribution in [3.05, 3.63) is 71.5 Å². The van der Waals surface area contributed by atoms with Crippen LogP contribution in [0, 0.1) is 18.8 Å². The number of hydrogen-bond donors (Lipinski definition) is 0. The molecule has 0 radical (unpaired) electrons. The van der Waals surface area contributed by atoms with Gasteiger partial charge in [0.2, 0.25) is 0 Å². The summed E-state index contributed by atoms with van der Waals surface area (Å²) in [6.07, 6.45) is 1.54. The van der Waals surface area contributed by atoms with Crippen molar-refractivity contribution in [2.45, 2.75) is 13.0 Å². The fourth-order valence-electron chi connectivity index (χ4n) is 5.03. The van der Waals surface area contributed by atoms with Crippen LogP contribution >= 0.6 is 0 Å². The monoisotopic (exact) mass is 388 g/mol. The minimum absolute atomic E-state index is 0.105. The Balaban J connectivity index is 1.34. The highest BCUT2D eigenvalue weighted by atomic mass is 16.2. The molecule has 2 fully saturated rings. The van der Waals surface area contributed by atoms with Crippen molar-refractivity contribution in [1.29, 1.82) is 0 Å². The number of tetrazole rings is 1. The fraction of sp³-hybridized carbons (Fsp3) is 0.364. The molecule has 5 rings (SSSR count). The van der Waals surface area contributed by atoms with Crippen molar-refractivity contribution < 1.29 is 4.79 Å². The lowest BCUT2D eigenvalue weighted by molar-refractivity contribution is 0.0768. The summed E-state index contributed by atoms with van der Waals surface area (Å²) in [6, 6.07) is 16.5. The van der Waals surface area contributed by atoms with Crippen LogP contribution in [0.15, 0.2) is 54.9 Å². The normalized spacial score (nSPS) is 24.1. The first kappa shape index (κ1) is 18.0. The van der Waals surface area contributed by atoms with E-state index in [1.54, 1.807) is 11.0 Å². The van der Waals surface area contributed by atoms with Gasteiger partial charge in [0.1, 0.15) is 6.33 Å². The highest BCUT2D eigenvalue weighted by molar-refractivity contribution is 5.94. The molecule has 148 valence electrons. The van der Waals surface area contributed by atoms with Crippen LogP contribution in [0.1, 0.15) is 27.5 Å². The van der Waals surface area contributed by atoms with Crippen LogP contribution in [0.2, 0.25) is 0 Å². The third-order valence-corrected chi connectivity index (χ3v) is 6.42. The predicted molar refractivity (Wildman–Crippen MR) is 109 cm³/mol. The first-order valence-electron chi connectivity index (χ1n) is 10.0. The smallest absolute Gasteiger partial charge is 0.253 e. The van der Waals surface area contributed by atoms with Gasteiger partial charge in [-0.2, -0.15) is 0 Å². The van der Waals surface area contributed by atoms with Gasteiger partial charge in [-0.05, 0) is 65.7 Å². The molecule has 2 saturated heterocycles. The predicted octanol–water partition coefficient (Wildman–Crippen LogP) is 2.35. The molecule has 0 N–H and O–H groups in total. The maximum Gasteiger partial charge on any atom is 0.253 e. The zero-order valence-corrected chi connectivity index (χ0v) is 16.6. The summed E-state index contributed by atoms with van der Waals surface area (Å²) in [5.41, 5.74) is 4.27. The van der Waals surface area contributed by atoms with E-state index in [9.17, 15) is 4.79 Å². The van der Waals surface area contributed by atoms with Crippen LogP contribution in [0.4, 0.5) is 0 Å². The molecular weight excluding hydrogens is 364 g/mol. The second-order valence-corrected chi connectivity index (χ2v) is 8.18. The van der Waals surface area contributed by atoms with Gasteiger partial charge >= 0.3 is 0 Å². The van der Waals surface area contributed by atoms with Gasteiger partial charge in [0.05, 0.1) is 5.69 Å². The topological polar surface area (TPSA) is 67.2 Å². The van der Waals surface area contributed by atoms with E-state index >= 15 is 0 Å². The number of rotatable bonds is 3. The Morgan fingerprint density at radius 2 is 1.83 bits per heavy atom. The molecular formula is C22H24N6O. The van der Waals surface area contributed by atoms with Crippen molar-refractivity contribution in [1.82, 2.24) is 30.0 Å². The first-order chi connectivity index (χ1) is 14.1. The third-order valence-electron chi connectivity index (χ3n) is 6.42. The van der Waals surface area contributed by atoms with Gasteiger partial charge in [0.25, 0.3) is 5.91 Å². The lowest BCUT2D eigenvalue weighted by Gasteiger charge is -2.28. The molecule has 0 unspecified atom stereocenters. The maximum atomic E-state index is 13.1. The summed E-state index contributed by atoms with van der Waals surface area (Å²) in [5, 5.41) is 11.2. The molecule has 0 spiro atoms. The van der Waals surface area contributed by atoms with Gasteiger partial charge in [0.15, 0.2) is 0 Å². The van der Waals surface area contributed by atoms with Crippen molar-refractivity contribution in [2.75, 3.05) is 26.7 Å². The van der Waals surface area contributed by atoms with Gasteiger partial charge in [-0.3, -0.25) is 9.69 Å². The molecule has 7 nitrogen and oxygen atoms in total. The summed E-state index contributed by atoms with van der Waals surface area (Å²) >= 11 is 0. The van der Waals surface area contributed by atoms with Crippen molar-refractivity contribution >= 4 is 5.91 Å². The zero-order chi connectivity index (χ0) is 20.0. The molecule has 3 aromatic rings. The van der Waals surface area contributed by atoms with E-state index < -0.39 is 0 Å². The van der Waals surface area contributed by atoms with Crippen LogP contribution in [0.25, 0.3) is 5.69 Å². The minimum atomic E-state index is 0.105. The lowest BCUT2D eigenvalue weighted by Crippen LogP contribution is -2.33. The van der Waals surface area contributed by atoms with E-state index in [1.807, 2.05) is 29.2 Å². The zero-order valence-electron chi connectivity index (χ0n) is 16.6. The van der Waals surface area contributed by atoms with Gasteiger partial charge in [0, 0.05) is 37.2 Å². The van der Waals surface area contributed by atoms with Gasteiger partial charge in [-0.1, -0.05) is 24.3 Å². The van der Waals surface area contributed by atoms with Crippen molar-refractivity contribution in [2.24, 2.45) is 11.8 Å². The Bertz CT molecular complexity index is 1020. The van der Waals surface area contributed by atoms with Gasteiger partial charge in [-0.15, -0.1) is 5.10 Å². The van der Waals surface area contributed by atoms with Crippen molar-refractivity contribution in [3.63, 3.8) is 0 Å². The minimum Gasteiger partial charge on any atom is -0.338 e. The van der Waals surface area contributed by atoms with Crippen LogP contribution in [-0.2, 0) is 0 Å². The van der Waals surface area contributed by atoms with E-state index in [-0.39, 0.29) is 5.91 Å². The summed E-state index contributed by atoms with van der Waals surface area (Å²) in [5.74, 6) is 1.11. The number of aromatic nitrogens is 4. The largest absolute Gasteiger partial charge is 0.338 e. The molecule has 3 atom stereocenters. The molecule has 0 saturated carbocycles. The van der Waals surface area contributed by atoms with Gasteiger partial charge in [-0.25, -0.2) is 4.68 Å². The number of benzene rings is 2. The molecule has 1 aromatic heterocycles. The number of nitrogens with zero attached hydrogens (tertiary/aromatic N) is 6. The SMILES string of the molecule is Cc1ccccc1[C@@H]1[C@@H]2CN(C(=O)c3ccc(-n4cnnn4)cc3)C[C@@H]2CN1C. The van der Waals surface area contributed by atoms with Crippen molar-refractivity contribution in [3.8, 4) is 5.69 Å². The molecule has 7 heteroatoms.